The lowest BCUT2D eigenvalue weighted by atomic mass is 10.1. The molecule has 156 valence electrons. The van der Waals surface area contributed by atoms with Gasteiger partial charge in [0.1, 0.15) is 13.1 Å². The molecule has 0 spiro atoms. The van der Waals surface area contributed by atoms with E-state index >= 15 is 0 Å². The molecule has 2 aliphatic rings. The summed E-state index contributed by atoms with van der Waals surface area (Å²) >= 11 is 2.43. The number of benzene rings is 1. The smallest absolute Gasteiger partial charge is 0.282 e. The summed E-state index contributed by atoms with van der Waals surface area (Å²) in [6, 6.07) is 9.36. The Bertz CT molecular complexity index is 762. The van der Waals surface area contributed by atoms with Crippen LogP contribution >= 0.6 is 23.5 Å². The fourth-order valence-electron chi connectivity index (χ4n) is 3.12. The van der Waals surface area contributed by atoms with Gasteiger partial charge in [0.25, 0.3) is 10.5 Å². The summed E-state index contributed by atoms with van der Waals surface area (Å²) < 4.78 is 0. The van der Waals surface area contributed by atoms with Crippen molar-refractivity contribution < 1.29 is 19.2 Å². The molecular weight excluding hydrogens is 412 g/mol. The van der Waals surface area contributed by atoms with E-state index in [0.717, 1.165) is 5.56 Å². The summed E-state index contributed by atoms with van der Waals surface area (Å²) in [6.45, 7) is 1.43. The van der Waals surface area contributed by atoms with E-state index in [1.165, 1.54) is 33.3 Å². The van der Waals surface area contributed by atoms with E-state index in [0.29, 0.717) is 31.0 Å². The van der Waals surface area contributed by atoms with Gasteiger partial charge in [-0.1, -0.05) is 53.9 Å². The highest BCUT2D eigenvalue weighted by Gasteiger charge is 2.25. The molecule has 0 aromatic heterocycles. The molecule has 2 heterocycles. The summed E-state index contributed by atoms with van der Waals surface area (Å²) in [5.74, 6) is 0.900. The van der Waals surface area contributed by atoms with Crippen LogP contribution in [0.4, 0.5) is 9.59 Å². The maximum atomic E-state index is 12.4. The summed E-state index contributed by atoms with van der Waals surface area (Å²) in [7, 11) is 0. The lowest BCUT2D eigenvalue weighted by molar-refractivity contribution is -0.124. The van der Waals surface area contributed by atoms with Gasteiger partial charge in [0.05, 0.1) is 6.04 Å². The van der Waals surface area contributed by atoms with Gasteiger partial charge in [-0.25, -0.2) is 0 Å². The maximum Gasteiger partial charge on any atom is 0.282 e. The molecule has 0 bridgehead atoms. The van der Waals surface area contributed by atoms with Crippen molar-refractivity contribution in [3.8, 4) is 0 Å². The van der Waals surface area contributed by atoms with Crippen LogP contribution in [-0.4, -0.2) is 82.4 Å². The first kappa shape index (κ1) is 21.5. The first-order valence-corrected chi connectivity index (χ1v) is 11.4. The van der Waals surface area contributed by atoms with Crippen LogP contribution in [-0.2, 0) is 16.0 Å². The predicted octanol–water partition coefficient (Wildman–Crippen LogP) is 1.17. The number of nitrogens with one attached hydrogen (secondary N) is 2. The highest BCUT2D eigenvalue weighted by atomic mass is 32.2. The van der Waals surface area contributed by atoms with E-state index in [2.05, 4.69) is 10.6 Å². The number of rotatable bonds is 9. The Morgan fingerprint density at radius 3 is 2.07 bits per heavy atom. The normalized spacial score (nSPS) is 17.5. The van der Waals surface area contributed by atoms with Crippen LogP contribution in [0.3, 0.4) is 0 Å². The first-order chi connectivity index (χ1) is 14.0. The minimum atomic E-state index is -0.317. The Kier molecular flexibility index (Phi) is 7.82. The molecule has 0 radical (unpaired) electrons. The van der Waals surface area contributed by atoms with Crippen LogP contribution in [0.15, 0.2) is 30.3 Å². The molecule has 1 aromatic rings. The monoisotopic (exact) mass is 436 g/mol. The number of carbonyl (C=O) groups is 4. The molecule has 0 aliphatic carbocycles. The molecule has 8 nitrogen and oxygen atoms in total. The molecule has 3 rings (SSSR count). The average Bonchev–Trinajstić information content (AvgIpc) is 3.29. The molecule has 2 N–H and O–H groups in total. The first-order valence-electron chi connectivity index (χ1n) is 9.44. The van der Waals surface area contributed by atoms with E-state index in [-0.39, 0.29) is 48.0 Å². The number of nitrogens with zero attached hydrogens (tertiary/aromatic N) is 2. The molecule has 0 saturated carbocycles. The third kappa shape index (κ3) is 6.67. The number of thioether (sulfide) groups is 2. The van der Waals surface area contributed by atoms with Crippen molar-refractivity contribution >= 4 is 45.8 Å². The average molecular weight is 437 g/mol. The highest BCUT2D eigenvalue weighted by molar-refractivity contribution is 8.14. The SMILES string of the molecule is O=C(CN1CCSC1=O)NC[C@H](Cc1ccccc1)NC(=O)CN1CCSC1=O. The fraction of sp³-hybridized carbons (Fsp3) is 0.474. The standard InChI is InChI=1S/C19H24N4O4S2/c24-16(12-22-6-8-28-18(22)26)20-11-15(10-14-4-2-1-3-5-14)21-17(25)13-23-7-9-29-19(23)27/h1-5,15H,6-13H2,(H,20,24)(H,21,25)/t15-/m0/s1. The van der Waals surface area contributed by atoms with E-state index < -0.39 is 0 Å². The summed E-state index contributed by atoms with van der Waals surface area (Å²) in [5, 5.41) is 5.58. The second-order valence-electron chi connectivity index (χ2n) is 6.83. The Morgan fingerprint density at radius 2 is 1.52 bits per heavy atom. The summed E-state index contributed by atoms with van der Waals surface area (Å²) in [4.78, 5) is 51.0. The third-order valence-corrected chi connectivity index (χ3v) is 6.38. The van der Waals surface area contributed by atoms with Crippen LogP contribution in [0, 0.1) is 0 Å². The Morgan fingerprint density at radius 1 is 0.931 bits per heavy atom. The maximum absolute atomic E-state index is 12.4. The number of amides is 4. The molecule has 10 heteroatoms. The number of hydrogen-bond acceptors (Lipinski definition) is 6. The largest absolute Gasteiger partial charge is 0.352 e. The zero-order valence-electron chi connectivity index (χ0n) is 16.0. The number of carbonyl (C=O) groups excluding carboxylic acids is 4. The van der Waals surface area contributed by atoms with Crippen molar-refractivity contribution in [1.82, 2.24) is 20.4 Å². The van der Waals surface area contributed by atoms with Crippen molar-refractivity contribution in [2.75, 3.05) is 44.2 Å². The van der Waals surface area contributed by atoms with E-state index in [9.17, 15) is 19.2 Å². The van der Waals surface area contributed by atoms with E-state index in [4.69, 9.17) is 0 Å². The second-order valence-corrected chi connectivity index (χ2v) is 8.92. The summed E-state index contributed by atoms with van der Waals surface area (Å²) in [5.41, 5.74) is 1.03. The van der Waals surface area contributed by atoms with Gasteiger partial charge in [-0.05, 0) is 12.0 Å². The Labute approximate surface area is 178 Å². The Hall–Kier alpha value is -2.20. The minimum Gasteiger partial charge on any atom is -0.352 e. The Balaban J connectivity index is 1.53. The van der Waals surface area contributed by atoms with Crippen LogP contribution in [0.2, 0.25) is 0 Å². The molecule has 2 fully saturated rings. The molecule has 0 unspecified atom stereocenters. The lowest BCUT2D eigenvalue weighted by Crippen LogP contribution is -2.49. The topological polar surface area (TPSA) is 98.8 Å². The molecule has 1 aromatic carbocycles. The van der Waals surface area contributed by atoms with Gasteiger partial charge in [-0.15, -0.1) is 0 Å². The molecule has 1 atom stereocenters. The quantitative estimate of drug-likeness (QED) is 0.603. The zero-order chi connectivity index (χ0) is 20.6. The van der Waals surface area contributed by atoms with Gasteiger partial charge in [0.15, 0.2) is 0 Å². The van der Waals surface area contributed by atoms with Crippen LogP contribution in [0.1, 0.15) is 5.56 Å². The van der Waals surface area contributed by atoms with E-state index in [1.54, 1.807) is 0 Å². The molecule has 4 amide bonds. The van der Waals surface area contributed by atoms with Crippen molar-refractivity contribution in [3.63, 3.8) is 0 Å². The highest BCUT2D eigenvalue weighted by Crippen LogP contribution is 2.17. The zero-order valence-corrected chi connectivity index (χ0v) is 17.6. The lowest BCUT2D eigenvalue weighted by Gasteiger charge is -2.22. The van der Waals surface area contributed by atoms with Gasteiger partial charge in [-0.2, -0.15) is 0 Å². The molecule has 29 heavy (non-hydrogen) atoms. The van der Waals surface area contributed by atoms with Crippen molar-refractivity contribution in [2.45, 2.75) is 12.5 Å². The van der Waals surface area contributed by atoms with Gasteiger partial charge < -0.3 is 20.4 Å². The van der Waals surface area contributed by atoms with Crippen molar-refractivity contribution in [2.24, 2.45) is 0 Å². The number of hydrogen-bond donors (Lipinski definition) is 2. The molecule has 2 saturated heterocycles. The van der Waals surface area contributed by atoms with Crippen molar-refractivity contribution in [1.29, 1.82) is 0 Å². The van der Waals surface area contributed by atoms with Crippen LogP contribution in [0.25, 0.3) is 0 Å². The second kappa shape index (κ2) is 10.5. The third-order valence-electron chi connectivity index (χ3n) is 4.59. The predicted molar refractivity (Wildman–Crippen MR) is 114 cm³/mol. The van der Waals surface area contributed by atoms with Gasteiger partial charge in [0, 0.05) is 31.1 Å². The van der Waals surface area contributed by atoms with Gasteiger partial charge in [0.2, 0.25) is 11.8 Å². The van der Waals surface area contributed by atoms with Crippen LogP contribution < -0.4 is 10.6 Å². The van der Waals surface area contributed by atoms with Crippen molar-refractivity contribution in [3.05, 3.63) is 35.9 Å². The van der Waals surface area contributed by atoms with Crippen LogP contribution in [0.5, 0.6) is 0 Å². The van der Waals surface area contributed by atoms with Gasteiger partial charge in [-0.3, -0.25) is 19.2 Å². The molecular formula is C19H24N4O4S2. The van der Waals surface area contributed by atoms with Gasteiger partial charge >= 0.3 is 0 Å². The fourth-order valence-corrected chi connectivity index (χ4v) is 4.77. The molecule has 2 aliphatic heterocycles. The minimum absolute atomic E-state index is 0.0184. The summed E-state index contributed by atoms with van der Waals surface area (Å²) in [6.07, 6.45) is 0.550. The van der Waals surface area contributed by atoms with E-state index in [1.807, 2.05) is 30.3 Å².